The van der Waals surface area contributed by atoms with Gasteiger partial charge in [0, 0.05) is 12.6 Å². The van der Waals surface area contributed by atoms with Gasteiger partial charge >= 0.3 is 5.97 Å². The van der Waals surface area contributed by atoms with Crippen molar-refractivity contribution in [1.82, 2.24) is 10.0 Å². The van der Waals surface area contributed by atoms with Gasteiger partial charge in [-0.15, -0.1) is 12.4 Å². The van der Waals surface area contributed by atoms with Crippen molar-refractivity contribution in [3.05, 3.63) is 29.3 Å². The number of carbonyl (C=O) groups is 1. The van der Waals surface area contributed by atoms with E-state index in [0.29, 0.717) is 5.56 Å². The smallest absolute Gasteiger partial charge is 0.338 e. The van der Waals surface area contributed by atoms with Crippen LogP contribution in [0.2, 0.25) is 0 Å². The van der Waals surface area contributed by atoms with Crippen LogP contribution in [0.25, 0.3) is 0 Å². The fraction of sp³-hybridized carbons (Fsp3) is 0.533. The Balaban J connectivity index is 0.00000484. The van der Waals surface area contributed by atoms with Gasteiger partial charge in [0.1, 0.15) is 0 Å². The second-order valence-corrected chi connectivity index (χ2v) is 6.75. The summed E-state index contributed by atoms with van der Waals surface area (Å²) in [5.41, 5.74) is 0.809. The maximum atomic E-state index is 12.4. The van der Waals surface area contributed by atoms with Crippen LogP contribution in [0.5, 0.6) is 0 Å². The molecule has 0 aliphatic rings. The van der Waals surface area contributed by atoms with Gasteiger partial charge in [-0.3, -0.25) is 0 Å². The maximum Gasteiger partial charge on any atom is 0.338 e. The summed E-state index contributed by atoms with van der Waals surface area (Å²) in [4.78, 5) is 11.8. The Hall–Kier alpha value is -1.15. The quantitative estimate of drug-likeness (QED) is 0.688. The van der Waals surface area contributed by atoms with Gasteiger partial charge < -0.3 is 10.1 Å². The summed E-state index contributed by atoms with van der Waals surface area (Å²) in [5.74, 6) is -0.528. The summed E-state index contributed by atoms with van der Waals surface area (Å²) in [6.45, 7) is 8.53. The van der Waals surface area contributed by atoms with Crippen LogP contribution in [0.1, 0.15) is 36.7 Å². The highest BCUT2D eigenvalue weighted by Crippen LogP contribution is 2.17. The van der Waals surface area contributed by atoms with E-state index in [1.165, 1.54) is 6.07 Å². The van der Waals surface area contributed by atoms with Crippen molar-refractivity contribution < 1.29 is 17.9 Å². The number of rotatable bonds is 8. The fourth-order valence-electron chi connectivity index (χ4n) is 1.96. The number of aryl methyl sites for hydroxylation is 1. The molecule has 6 nitrogen and oxygen atoms in total. The zero-order chi connectivity index (χ0) is 16.8. The number of hydrogen-bond acceptors (Lipinski definition) is 5. The van der Waals surface area contributed by atoms with Crippen molar-refractivity contribution in [3.8, 4) is 0 Å². The zero-order valence-corrected chi connectivity index (χ0v) is 15.5. The number of sulfonamides is 1. The van der Waals surface area contributed by atoms with E-state index in [0.717, 1.165) is 6.54 Å². The lowest BCUT2D eigenvalue weighted by molar-refractivity contribution is 0.0526. The molecule has 0 spiro atoms. The fourth-order valence-corrected chi connectivity index (χ4v) is 3.36. The molecule has 1 aromatic rings. The van der Waals surface area contributed by atoms with Crippen LogP contribution >= 0.6 is 12.4 Å². The number of ether oxygens (including phenoxy) is 1. The summed E-state index contributed by atoms with van der Waals surface area (Å²) in [7, 11) is -3.67. The predicted octanol–water partition coefficient (Wildman–Crippen LogP) is 1.87. The highest BCUT2D eigenvalue weighted by molar-refractivity contribution is 7.89. The molecule has 1 aromatic carbocycles. The van der Waals surface area contributed by atoms with Crippen LogP contribution < -0.4 is 10.0 Å². The van der Waals surface area contributed by atoms with E-state index in [1.54, 1.807) is 26.0 Å². The molecule has 1 atom stereocenters. The van der Waals surface area contributed by atoms with Crippen molar-refractivity contribution in [3.63, 3.8) is 0 Å². The standard InChI is InChI=1S/C15H24N2O4S.ClH/c1-5-16-12(4)10-17-22(19,20)14-9-13(8-7-11(14)3)15(18)21-6-2;/h7-9,12,16-17H,5-6,10H2,1-4H3;1H/t12-;/m1./s1. The van der Waals surface area contributed by atoms with Crippen LogP contribution in [0.4, 0.5) is 0 Å². The van der Waals surface area contributed by atoms with E-state index in [2.05, 4.69) is 10.0 Å². The molecule has 0 bridgehead atoms. The minimum absolute atomic E-state index is 0. The molecular weight excluding hydrogens is 340 g/mol. The predicted molar refractivity (Wildman–Crippen MR) is 92.7 cm³/mol. The lowest BCUT2D eigenvalue weighted by Crippen LogP contribution is -2.39. The maximum absolute atomic E-state index is 12.4. The number of hydrogen-bond donors (Lipinski definition) is 2. The van der Waals surface area contributed by atoms with Crippen LogP contribution in [-0.4, -0.2) is 40.1 Å². The van der Waals surface area contributed by atoms with E-state index in [-0.39, 0.29) is 42.1 Å². The molecule has 0 radical (unpaired) electrons. The minimum atomic E-state index is -3.67. The summed E-state index contributed by atoms with van der Waals surface area (Å²) >= 11 is 0. The average molecular weight is 365 g/mol. The molecular formula is C15H25ClN2O4S. The van der Waals surface area contributed by atoms with E-state index in [1.807, 2.05) is 13.8 Å². The van der Waals surface area contributed by atoms with Crippen molar-refractivity contribution in [2.75, 3.05) is 19.7 Å². The number of likely N-dealkylation sites (N-methyl/N-ethyl adjacent to an activating group) is 1. The van der Waals surface area contributed by atoms with E-state index < -0.39 is 16.0 Å². The number of carbonyl (C=O) groups excluding carboxylic acids is 1. The lowest BCUT2D eigenvalue weighted by Gasteiger charge is -2.15. The molecule has 1 rings (SSSR count). The van der Waals surface area contributed by atoms with Crippen LogP contribution in [0.3, 0.4) is 0 Å². The van der Waals surface area contributed by atoms with E-state index in [4.69, 9.17) is 4.74 Å². The molecule has 0 aromatic heterocycles. The second-order valence-electron chi connectivity index (χ2n) is 5.01. The molecule has 8 heteroatoms. The van der Waals surface area contributed by atoms with Crippen molar-refractivity contribution in [2.45, 2.75) is 38.6 Å². The average Bonchev–Trinajstić information content (AvgIpc) is 2.46. The molecule has 2 N–H and O–H groups in total. The lowest BCUT2D eigenvalue weighted by atomic mass is 10.1. The second kappa shape index (κ2) is 9.87. The summed E-state index contributed by atoms with van der Waals surface area (Å²) in [5, 5.41) is 3.13. The van der Waals surface area contributed by atoms with Crippen LogP contribution in [0, 0.1) is 6.92 Å². The van der Waals surface area contributed by atoms with E-state index in [9.17, 15) is 13.2 Å². The Labute approximate surface area is 144 Å². The van der Waals surface area contributed by atoms with Gasteiger partial charge in [0.25, 0.3) is 0 Å². The van der Waals surface area contributed by atoms with Crippen molar-refractivity contribution in [2.24, 2.45) is 0 Å². The van der Waals surface area contributed by atoms with Gasteiger partial charge in [-0.25, -0.2) is 17.9 Å². The molecule has 0 aliphatic carbocycles. The van der Waals surface area contributed by atoms with Crippen LogP contribution in [-0.2, 0) is 14.8 Å². The molecule has 0 heterocycles. The molecule has 0 unspecified atom stereocenters. The van der Waals surface area contributed by atoms with Gasteiger partial charge in [-0.05, 0) is 45.0 Å². The first-order chi connectivity index (χ1) is 10.3. The van der Waals surface area contributed by atoms with Gasteiger partial charge in [0.05, 0.1) is 17.1 Å². The Kier molecular flexibility index (Phi) is 9.38. The highest BCUT2D eigenvalue weighted by Gasteiger charge is 2.20. The number of benzene rings is 1. The SMILES string of the molecule is CCN[C@H](C)CNS(=O)(=O)c1cc(C(=O)OCC)ccc1C.Cl. The number of esters is 1. The number of nitrogens with one attached hydrogen (secondary N) is 2. The first kappa shape index (κ1) is 21.9. The minimum Gasteiger partial charge on any atom is -0.462 e. The Morgan fingerprint density at radius 2 is 1.96 bits per heavy atom. The molecule has 0 fully saturated rings. The van der Waals surface area contributed by atoms with Gasteiger partial charge in [-0.2, -0.15) is 0 Å². The summed E-state index contributed by atoms with van der Waals surface area (Å²) in [6, 6.07) is 4.55. The summed E-state index contributed by atoms with van der Waals surface area (Å²) < 4.78 is 32.3. The van der Waals surface area contributed by atoms with Crippen molar-refractivity contribution in [1.29, 1.82) is 0 Å². The first-order valence-electron chi connectivity index (χ1n) is 7.32. The summed E-state index contributed by atoms with van der Waals surface area (Å²) in [6.07, 6.45) is 0. The van der Waals surface area contributed by atoms with Gasteiger partial charge in [-0.1, -0.05) is 13.0 Å². The Morgan fingerprint density at radius 1 is 1.30 bits per heavy atom. The highest BCUT2D eigenvalue weighted by atomic mass is 35.5. The molecule has 132 valence electrons. The largest absolute Gasteiger partial charge is 0.462 e. The third-order valence-electron chi connectivity index (χ3n) is 3.12. The van der Waals surface area contributed by atoms with Crippen molar-refractivity contribution >= 4 is 28.4 Å². The molecule has 0 aliphatic heterocycles. The Bertz CT molecular complexity index is 620. The van der Waals surface area contributed by atoms with Gasteiger partial charge in [0.15, 0.2) is 0 Å². The molecule has 23 heavy (non-hydrogen) atoms. The topological polar surface area (TPSA) is 84.5 Å². The van der Waals surface area contributed by atoms with Gasteiger partial charge in [0.2, 0.25) is 10.0 Å². The normalized spacial score (nSPS) is 12.3. The molecule has 0 saturated heterocycles. The molecule has 0 saturated carbocycles. The monoisotopic (exact) mass is 364 g/mol. The zero-order valence-electron chi connectivity index (χ0n) is 13.9. The van der Waals surface area contributed by atoms with Crippen LogP contribution in [0.15, 0.2) is 23.1 Å². The van der Waals surface area contributed by atoms with E-state index >= 15 is 0 Å². The Morgan fingerprint density at radius 3 is 2.52 bits per heavy atom. The third-order valence-corrected chi connectivity index (χ3v) is 4.69. The third kappa shape index (κ3) is 6.47. The first-order valence-corrected chi connectivity index (χ1v) is 8.81. The molecule has 0 amide bonds. The number of halogens is 1.